The minimum atomic E-state index is -1.09. The number of aryl methyl sites for hydroxylation is 1. The van der Waals surface area contributed by atoms with E-state index < -0.39 is 11.9 Å². The first kappa shape index (κ1) is 14.0. The molecule has 0 aromatic carbocycles. The summed E-state index contributed by atoms with van der Waals surface area (Å²) in [5, 5.41) is 11.7. The molecular formula is C13H10ClN3O3. The number of carbonyl (C=O) groups is 2. The average molecular weight is 292 g/mol. The lowest BCUT2D eigenvalue weighted by atomic mass is 10.2. The van der Waals surface area contributed by atoms with Crippen LogP contribution in [0.15, 0.2) is 30.5 Å². The molecule has 2 N–H and O–H groups in total. The number of hydrogen-bond acceptors (Lipinski definition) is 4. The van der Waals surface area contributed by atoms with Gasteiger partial charge >= 0.3 is 5.97 Å². The molecule has 6 nitrogen and oxygen atoms in total. The first-order valence-electron chi connectivity index (χ1n) is 5.62. The molecular weight excluding hydrogens is 282 g/mol. The van der Waals surface area contributed by atoms with Crippen molar-refractivity contribution in [3.05, 3.63) is 52.4 Å². The van der Waals surface area contributed by atoms with Gasteiger partial charge in [-0.05, 0) is 31.2 Å². The Morgan fingerprint density at radius 1 is 1.30 bits per heavy atom. The van der Waals surface area contributed by atoms with E-state index in [0.717, 1.165) is 0 Å². The van der Waals surface area contributed by atoms with Gasteiger partial charge in [0.25, 0.3) is 5.91 Å². The summed E-state index contributed by atoms with van der Waals surface area (Å²) in [4.78, 5) is 30.7. The molecule has 0 atom stereocenters. The highest BCUT2D eigenvalue weighted by Crippen LogP contribution is 2.18. The molecule has 0 aliphatic rings. The molecule has 2 heterocycles. The van der Waals surface area contributed by atoms with E-state index >= 15 is 0 Å². The molecule has 0 fully saturated rings. The fourth-order valence-electron chi connectivity index (χ4n) is 1.56. The Kier molecular flexibility index (Phi) is 3.95. The third kappa shape index (κ3) is 2.92. The zero-order chi connectivity index (χ0) is 14.7. The zero-order valence-electron chi connectivity index (χ0n) is 10.4. The van der Waals surface area contributed by atoms with E-state index in [1.54, 1.807) is 12.1 Å². The van der Waals surface area contributed by atoms with Gasteiger partial charge in [-0.25, -0.2) is 14.8 Å². The Morgan fingerprint density at radius 3 is 2.65 bits per heavy atom. The molecule has 20 heavy (non-hydrogen) atoms. The van der Waals surface area contributed by atoms with Crippen LogP contribution in [-0.4, -0.2) is 27.0 Å². The number of carboxylic acid groups (broad SMARTS) is 1. The van der Waals surface area contributed by atoms with E-state index in [9.17, 15) is 9.59 Å². The summed E-state index contributed by atoms with van der Waals surface area (Å²) in [5.74, 6) is -1.37. The molecule has 2 aromatic heterocycles. The quantitative estimate of drug-likeness (QED) is 0.906. The van der Waals surface area contributed by atoms with Crippen LogP contribution in [0.2, 0.25) is 5.02 Å². The summed E-state index contributed by atoms with van der Waals surface area (Å²) in [6, 6.07) is 5.90. The van der Waals surface area contributed by atoms with Crippen LogP contribution in [0, 0.1) is 6.92 Å². The number of aromatic carboxylic acids is 1. The minimum absolute atomic E-state index is 0.0532. The van der Waals surface area contributed by atoms with E-state index in [1.807, 2.05) is 0 Å². The second kappa shape index (κ2) is 5.66. The van der Waals surface area contributed by atoms with E-state index in [2.05, 4.69) is 15.3 Å². The number of aromatic nitrogens is 2. The van der Waals surface area contributed by atoms with E-state index in [4.69, 9.17) is 16.7 Å². The summed E-state index contributed by atoms with van der Waals surface area (Å²) in [6.45, 7) is 1.52. The summed E-state index contributed by atoms with van der Waals surface area (Å²) in [5.41, 5.74) is 0.406. The number of anilines is 1. The van der Waals surface area contributed by atoms with Crippen LogP contribution in [0.1, 0.15) is 26.5 Å². The minimum Gasteiger partial charge on any atom is -0.478 e. The summed E-state index contributed by atoms with van der Waals surface area (Å²) in [7, 11) is 0. The average Bonchev–Trinajstić information content (AvgIpc) is 2.40. The van der Waals surface area contributed by atoms with Crippen molar-refractivity contribution >= 4 is 29.3 Å². The molecule has 1 amide bonds. The molecule has 0 aliphatic heterocycles. The lowest BCUT2D eigenvalue weighted by molar-refractivity contribution is 0.0695. The van der Waals surface area contributed by atoms with Crippen LogP contribution in [0.5, 0.6) is 0 Å². The smallest absolute Gasteiger partial charge is 0.337 e. The highest BCUT2D eigenvalue weighted by Gasteiger charge is 2.14. The topological polar surface area (TPSA) is 92.2 Å². The van der Waals surface area contributed by atoms with Gasteiger partial charge in [-0.15, -0.1) is 0 Å². The number of pyridine rings is 2. The van der Waals surface area contributed by atoms with Crippen LogP contribution >= 0.6 is 11.6 Å². The monoisotopic (exact) mass is 291 g/mol. The predicted octanol–water partition coefficient (Wildman–Crippen LogP) is 2.39. The number of carboxylic acids is 1. The first-order chi connectivity index (χ1) is 9.49. The van der Waals surface area contributed by atoms with Gasteiger partial charge in [-0.1, -0.05) is 11.6 Å². The number of amides is 1. The number of rotatable bonds is 3. The van der Waals surface area contributed by atoms with Crippen LogP contribution in [0.25, 0.3) is 0 Å². The van der Waals surface area contributed by atoms with Crippen LogP contribution in [0.3, 0.4) is 0 Å². The largest absolute Gasteiger partial charge is 0.478 e. The second-order valence-corrected chi connectivity index (χ2v) is 4.33. The Balaban J connectivity index is 2.24. The van der Waals surface area contributed by atoms with Crippen molar-refractivity contribution in [3.63, 3.8) is 0 Å². The standard InChI is InChI=1S/C13H10ClN3O3/c1-7-8(13(19)20)4-5-10(16-7)12(18)17-11-9(14)3-2-6-15-11/h2-6H,1H3,(H,19,20)(H,15,17,18). The van der Waals surface area contributed by atoms with E-state index in [-0.39, 0.29) is 22.8 Å². The first-order valence-corrected chi connectivity index (χ1v) is 5.99. The fourth-order valence-corrected chi connectivity index (χ4v) is 1.73. The van der Waals surface area contributed by atoms with Gasteiger partial charge in [0.05, 0.1) is 16.3 Å². The van der Waals surface area contributed by atoms with Crippen molar-refractivity contribution in [2.24, 2.45) is 0 Å². The molecule has 0 spiro atoms. The fraction of sp³-hybridized carbons (Fsp3) is 0.0769. The Hall–Kier alpha value is -2.47. The Bertz CT molecular complexity index is 688. The molecule has 0 radical (unpaired) electrons. The van der Waals surface area contributed by atoms with Gasteiger partial charge in [0.2, 0.25) is 0 Å². The number of carbonyl (C=O) groups excluding carboxylic acids is 1. The molecule has 2 rings (SSSR count). The SMILES string of the molecule is Cc1nc(C(=O)Nc2ncccc2Cl)ccc1C(=O)O. The highest BCUT2D eigenvalue weighted by atomic mass is 35.5. The van der Waals surface area contributed by atoms with Crippen molar-refractivity contribution in [2.45, 2.75) is 6.92 Å². The normalized spacial score (nSPS) is 10.1. The van der Waals surface area contributed by atoms with Crippen LogP contribution in [0.4, 0.5) is 5.82 Å². The maximum Gasteiger partial charge on any atom is 0.337 e. The molecule has 102 valence electrons. The molecule has 0 saturated heterocycles. The molecule has 0 saturated carbocycles. The van der Waals surface area contributed by atoms with Crippen molar-refractivity contribution in [3.8, 4) is 0 Å². The van der Waals surface area contributed by atoms with Crippen molar-refractivity contribution < 1.29 is 14.7 Å². The van der Waals surface area contributed by atoms with Crippen LogP contribution in [-0.2, 0) is 0 Å². The number of nitrogens with one attached hydrogen (secondary N) is 1. The van der Waals surface area contributed by atoms with Crippen LogP contribution < -0.4 is 5.32 Å². The van der Waals surface area contributed by atoms with E-state index in [0.29, 0.717) is 5.02 Å². The molecule has 0 aliphatic carbocycles. The molecule has 0 bridgehead atoms. The number of hydrogen-bond donors (Lipinski definition) is 2. The summed E-state index contributed by atoms with van der Waals surface area (Å²) < 4.78 is 0. The van der Waals surface area contributed by atoms with Gasteiger partial charge in [0, 0.05) is 6.20 Å². The van der Waals surface area contributed by atoms with Crippen molar-refractivity contribution in [2.75, 3.05) is 5.32 Å². The third-order valence-electron chi connectivity index (χ3n) is 2.54. The van der Waals surface area contributed by atoms with Gasteiger partial charge < -0.3 is 10.4 Å². The summed E-state index contributed by atoms with van der Waals surface area (Å²) in [6.07, 6.45) is 1.49. The van der Waals surface area contributed by atoms with Crippen molar-refractivity contribution in [1.29, 1.82) is 0 Å². The molecule has 2 aromatic rings. The zero-order valence-corrected chi connectivity index (χ0v) is 11.2. The number of nitrogens with zero attached hydrogens (tertiary/aromatic N) is 2. The Morgan fingerprint density at radius 2 is 2.05 bits per heavy atom. The van der Waals surface area contributed by atoms with Crippen molar-refractivity contribution in [1.82, 2.24) is 9.97 Å². The van der Waals surface area contributed by atoms with Gasteiger partial charge in [-0.2, -0.15) is 0 Å². The lowest BCUT2D eigenvalue weighted by Gasteiger charge is -2.07. The molecule has 0 unspecified atom stereocenters. The van der Waals surface area contributed by atoms with Gasteiger partial charge in [0.15, 0.2) is 5.82 Å². The van der Waals surface area contributed by atoms with E-state index in [1.165, 1.54) is 25.3 Å². The molecule has 7 heteroatoms. The maximum absolute atomic E-state index is 12.0. The predicted molar refractivity (Wildman–Crippen MR) is 73.1 cm³/mol. The number of halogens is 1. The van der Waals surface area contributed by atoms with Gasteiger partial charge in [-0.3, -0.25) is 4.79 Å². The maximum atomic E-state index is 12.0. The van der Waals surface area contributed by atoms with Gasteiger partial charge in [0.1, 0.15) is 5.69 Å². The second-order valence-electron chi connectivity index (χ2n) is 3.92. The lowest BCUT2D eigenvalue weighted by Crippen LogP contribution is -2.16. The Labute approximate surface area is 119 Å². The summed E-state index contributed by atoms with van der Waals surface area (Å²) >= 11 is 5.88. The third-order valence-corrected chi connectivity index (χ3v) is 2.84. The highest BCUT2D eigenvalue weighted by molar-refractivity contribution is 6.33.